The van der Waals surface area contributed by atoms with Gasteiger partial charge in [0.25, 0.3) is 5.69 Å². The molecule has 18 heavy (non-hydrogen) atoms. The van der Waals surface area contributed by atoms with Gasteiger partial charge in [0.15, 0.2) is 0 Å². The third-order valence-electron chi connectivity index (χ3n) is 2.61. The molecule has 2 rings (SSSR count). The summed E-state index contributed by atoms with van der Waals surface area (Å²) in [4.78, 5) is 10.1. The van der Waals surface area contributed by atoms with Crippen molar-refractivity contribution in [2.24, 2.45) is 0 Å². The van der Waals surface area contributed by atoms with E-state index in [1.54, 1.807) is 12.1 Å². The lowest BCUT2D eigenvalue weighted by molar-refractivity contribution is -0.384. The first-order chi connectivity index (χ1) is 8.69. The van der Waals surface area contributed by atoms with Crippen molar-refractivity contribution in [3.05, 3.63) is 58.0 Å². The highest BCUT2D eigenvalue weighted by atomic mass is 16.6. The first-order valence-electron chi connectivity index (χ1n) is 5.75. The Kier molecular flexibility index (Phi) is 3.62. The van der Waals surface area contributed by atoms with Crippen molar-refractivity contribution in [3.63, 3.8) is 0 Å². The number of hydrogen-bond acceptors (Lipinski definition) is 4. The molecular weight excluding hydrogens is 232 g/mol. The minimum atomic E-state index is -0.413. The van der Waals surface area contributed by atoms with E-state index in [-0.39, 0.29) is 5.69 Å². The molecule has 2 aromatic rings. The standard InChI is InChI=1S/C13H14N2O3/c1-2-12-7-8-13(18-12)9-14-10-3-5-11(6-4-10)15(16)17/h3-8,14H,2,9H2,1H3. The molecule has 0 aliphatic heterocycles. The molecule has 5 heteroatoms. The van der Waals surface area contributed by atoms with Crippen LogP contribution in [0.2, 0.25) is 0 Å². The first-order valence-corrected chi connectivity index (χ1v) is 5.75. The maximum atomic E-state index is 10.5. The Morgan fingerprint density at radius 1 is 1.17 bits per heavy atom. The molecule has 1 aromatic carbocycles. The van der Waals surface area contributed by atoms with Gasteiger partial charge in [-0.2, -0.15) is 0 Å². The van der Waals surface area contributed by atoms with E-state index in [0.29, 0.717) is 6.54 Å². The number of hydrogen-bond donors (Lipinski definition) is 1. The van der Waals surface area contributed by atoms with Crippen LogP contribution in [0.3, 0.4) is 0 Å². The molecule has 0 saturated heterocycles. The number of nitrogens with one attached hydrogen (secondary N) is 1. The lowest BCUT2D eigenvalue weighted by Gasteiger charge is -2.03. The van der Waals surface area contributed by atoms with Crippen molar-refractivity contribution < 1.29 is 9.34 Å². The van der Waals surface area contributed by atoms with Crippen molar-refractivity contribution in [3.8, 4) is 0 Å². The Morgan fingerprint density at radius 3 is 2.39 bits per heavy atom. The molecule has 1 heterocycles. The van der Waals surface area contributed by atoms with Gasteiger partial charge in [-0.1, -0.05) is 6.92 Å². The molecule has 0 radical (unpaired) electrons. The predicted molar refractivity (Wildman–Crippen MR) is 68.5 cm³/mol. The number of benzene rings is 1. The highest BCUT2D eigenvalue weighted by Gasteiger charge is 2.04. The molecular formula is C13H14N2O3. The summed E-state index contributed by atoms with van der Waals surface area (Å²) in [6, 6.07) is 10.2. The van der Waals surface area contributed by atoms with E-state index < -0.39 is 4.92 Å². The minimum Gasteiger partial charge on any atom is -0.464 e. The molecule has 0 spiro atoms. The number of anilines is 1. The van der Waals surface area contributed by atoms with Crippen LogP contribution >= 0.6 is 0 Å². The maximum absolute atomic E-state index is 10.5. The van der Waals surface area contributed by atoms with Gasteiger partial charge in [-0.05, 0) is 24.3 Å². The van der Waals surface area contributed by atoms with Crippen LogP contribution in [0.5, 0.6) is 0 Å². The van der Waals surface area contributed by atoms with Gasteiger partial charge < -0.3 is 9.73 Å². The van der Waals surface area contributed by atoms with Gasteiger partial charge in [-0.3, -0.25) is 10.1 Å². The molecule has 94 valence electrons. The third-order valence-corrected chi connectivity index (χ3v) is 2.61. The Labute approximate surface area is 105 Å². The monoisotopic (exact) mass is 246 g/mol. The Bertz CT molecular complexity index is 531. The molecule has 0 fully saturated rings. The second-order valence-corrected chi connectivity index (χ2v) is 3.88. The van der Waals surface area contributed by atoms with Crippen molar-refractivity contribution in [1.29, 1.82) is 0 Å². The summed E-state index contributed by atoms with van der Waals surface area (Å²) in [7, 11) is 0. The van der Waals surface area contributed by atoms with Crippen LogP contribution in [-0.2, 0) is 13.0 Å². The number of rotatable bonds is 5. The molecule has 1 aromatic heterocycles. The largest absolute Gasteiger partial charge is 0.464 e. The van der Waals surface area contributed by atoms with Crippen LogP contribution in [0.15, 0.2) is 40.8 Å². The number of non-ortho nitro benzene ring substituents is 1. The summed E-state index contributed by atoms with van der Waals surface area (Å²) in [6.07, 6.45) is 0.873. The maximum Gasteiger partial charge on any atom is 0.269 e. The quantitative estimate of drug-likeness (QED) is 0.648. The number of furan rings is 1. The van der Waals surface area contributed by atoms with Crippen LogP contribution in [0.4, 0.5) is 11.4 Å². The summed E-state index contributed by atoms with van der Waals surface area (Å²) in [5, 5.41) is 13.6. The zero-order chi connectivity index (χ0) is 13.0. The molecule has 0 atom stereocenters. The normalized spacial score (nSPS) is 10.3. The van der Waals surface area contributed by atoms with Gasteiger partial charge in [0, 0.05) is 24.2 Å². The average molecular weight is 246 g/mol. The van der Waals surface area contributed by atoms with E-state index in [0.717, 1.165) is 23.6 Å². The summed E-state index contributed by atoms with van der Waals surface area (Å²) >= 11 is 0. The molecule has 0 saturated carbocycles. The fourth-order valence-electron chi connectivity index (χ4n) is 1.60. The Morgan fingerprint density at radius 2 is 1.83 bits per heavy atom. The lowest BCUT2D eigenvalue weighted by atomic mass is 10.3. The molecule has 5 nitrogen and oxygen atoms in total. The fourth-order valence-corrected chi connectivity index (χ4v) is 1.60. The van der Waals surface area contributed by atoms with Crippen LogP contribution < -0.4 is 5.32 Å². The number of aryl methyl sites for hydroxylation is 1. The van der Waals surface area contributed by atoms with Crippen LogP contribution in [-0.4, -0.2) is 4.92 Å². The van der Waals surface area contributed by atoms with Crippen LogP contribution in [0.1, 0.15) is 18.4 Å². The van der Waals surface area contributed by atoms with Gasteiger partial charge in [-0.15, -0.1) is 0 Å². The predicted octanol–water partition coefficient (Wildman–Crippen LogP) is 3.36. The average Bonchev–Trinajstić information content (AvgIpc) is 2.85. The smallest absolute Gasteiger partial charge is 0.269 e. The van der Waals surface area contributed by atoms with E-state index >= 15 is 0 Å². The number of nitro benzene ring substituents is 1. The van der Waals surface area contributed by atoms with E-state index in [1.165, 1.54) is 12.1 Å². The summed E-state index contributed by atoms with van der Waals surface area (Å²) < 4.78 is 5.55. The first kappa shape index (κ1) is 12.2. The van der Waals surface area contributed by atoms with E-state index in [4.69, 9.17) is 4.42 Å². The molecule has 0 aliphatic carbocycles. The topological polar surface area (TPSA) is 68.3 Å². The Hall–Kier alpha value is -2.30. The third kappa shape index (κ3) is 2.88. The lowest BCUT2D eigenvalue weighted by Crippen LogP contribution is -1.98. The van der Waals surface area contributed by atoms with Crippen molar-refractivity contribution >= 4 is 11.4 Å². The van der Waals surface area contributed by atoms with Crippen molar-refractivity contribution in [2.45, 2.75) is 19.9 Å². The molecule has 0 unspecified atom stereocenters. The number of nitro groups is 1. The highest BCUT2D eigenvalue weighted by molar-refractivity contribution is 5.48. The molecule has 1 N–H and O–H groups in total. The highest BCUT2D eigenvalue weighted by Crippen LogP contribution is 2.16. The summed E-state index contributed by atoms with van der Waals surface area (Å²) in [5.74, 6) is 1.81. The van der Waals surface area contributed by atoms with Crippen molar-refractivity contribution in [2.75, 3.05) is 5.32 Å². The van der Waals surface area contributed by atoms with E-state index in [1.807, 2.05) is 19.1 Å². The molecule has 0 bridgehead atoms. The molecule has 0 aliphatic rings. The summed E-state index contributed by atoms with van der Waals surface area (Å²) in [6.45, 7) is 2.60. The van der Waals surface area contributed by atoms with Gasteiger partial charge in [0.05, 0.1) is 11.5 Å². The summed E-state index contributed by atoms with van der Waals surface area (Å²) in [5.41, 5.74) is 0.918. The second kappa shape index (κ2) is 5.35. The van der Waals surface area contributed by atoms with Crippen molar-refractivity contribution in [1.82, 2.24) is 0 Å². The van der Waals surface area contributed by atoms with E-state index in [2.05, 4.69) is 5.32 Å². The zero-order valence-electron chi connectivity index (χ0n) is 10.1. The van der Waals surface area contributed by atoms with Crippen LogP contribution in [0, 0.1) is 10.1 Å². The molecule has 0 amide bonds. The zero-order valence-corrected chi connectivity index (χ0v) is 10.1. The minimum absolute atomic E-state index is 0.0896. The Balaban J connectivity index is 1.95. The SMILES string of the molecule is CCc1ccc(CNc2ccc([N+](=O)[O-])cc2)o1. The fraction of sp³-hybridized carbons (Fsp3) is 0.231. The van der Waals surface area contributed by atoms with Gasteiger partial charge in [0.1, 0.15) is 11.5 Å². The van der Waals surface area contributed by atoms with Crippen LogP contribution in [0.25, 0.3) is 0 Å². The van der Waals surface area contributed by atoms with Gasteiger partial charge in [0.2, 0.25) is 0 Å². The number of nitrogens with zero attached hydrogens (tertiary/aromatic N) is 1. The van der Waals surface area contributed by atoms with E-state index in [9.17, 15) is 10.1 Å². The second-order valence-electron chi connectivity index (χ2n) is 3.88. The van der Waals surface area contributed by atoms with Gasteiger partial charge in [-0.25, -0.2) is 0 Å². The van der Waals surface area contributed by atoms with Gasteiger partial charge >= 0.3 is 0 Å².